The summed E-state index contributed by atoms with van der Waals surface area (Å²) in [5.41, 5.74) is 3.08. The second-order valence-corrected chi connectivity index (χ2v) is 11.9. The molecule has 3 aromatic rings. The summed E-state index contributed by atoms with van der Waals surface area (Å²) in [7, 11) is 0. The van der Waals surface area contributed by atoms with Crippen LogP contribution in [0.2, 0.25) is 0 Å². The molecule has 5 nitrogen and oxygen atoms in total. The van der Waals surface area contributed by atoms with Crippen molar-refractivity contribution in [3.05, 3.63) is 80.3 Å². The number of aryl methyl sites for hydroxylation is 1. The molecular weight excluding hydrogens is 452 g/mol. The zero-order valence-electron chi connectivity index (χ0n) is 17.9. The average Bonchev–Trinajstić information content (AvgIpc) is 3.54. The van der Waals surface area contributed by atoms with Crippen LogP contribution in [0.1, 0.15) is 28.3 Å². The number of para-hydroxylation sites is 1. The number of thiazole rings is 1. The summed E-state index contributed by atoms with van der Waals surface area (Å²) in [5.74, 6) is 0.0543. The highest BCUT2D eigenvalue weighted by Crippen LogP contribution is 2.68. The predicted molar refractivity (Wildman–Crippen MR) is 129 cm³/mol. The van der Waals surface area contributed by atoms with Gasteiger partial charge in [-0.3, -0.25) is 19.3 Å². The molecule has 1 N–H and O–H groups in total. The minimum atomic E-state index is -0.255. The van der Waals surface area contributed by atoms with Crippen molar-refractivity contribution < 1.29 is 9.59 Å². The molecule has 0 spiro atoms. The van der Waals surface area contributed by atoms with E-state index in [2.05, 4.69) is 36.2 Å². The number of H-pyrrole nitrogens is 1. The van der Waals surface area contributed by atoms with Gasteiger partial charge in [0.15, 0.2) is 0 Å². The molecule has 1 aromatic heterocycles. The Bertz CT molecular complexity index is 1350. The number of imide groups is 1. The standard InChI is InChI=1S/C26H22N2O3S2/c1-12-7-9-13(10-8-12)17-18-15-11-16(21(18)32-23-22(17)33-26(31)27-23)20-19(15)24(29)28(25(20)30)14-5-3-2-4-6-14/h2-10,15-21H,11H2,1H3,(H,27,31)/t15-,16+,17+,18-,19+,20+,21+/m0/s1. The molecule has 2 aromatic carbocycles. The van der Waals surface area contributed by atoms with Crippen molar-refractivity contribution in [2.45, 2.75) is 29.5 Å². The van der Waals surface area contributed by atoms with Crippen LogP contribution in [0, 0.1) is 36.5 Å². The molecule has 2 amide bonds. The number of carbonyl (C=O) groups is 2. The Morgan fingerprint density at radius 1 is 0.909 bits per heavy atom. The Morgan fingerprint density at radius 2 is 1.61 bits per heavy atom. The maximum absolute atomic E-state index is 13.6. The fourth-order valence-corrected chi connectivity index (χ4v) is 9.88. The number of carbonyl (C=O) groups excluding carboxylic acids is 2. The first-order valence-electron chi connectivity index (χ1n) is 11.4. The van der Waals surface area contributed by atoms with E-state index in [1.807, 2.05) is 30.3 Å². The second kappa shape index (κ2) is 6.93. The van der Waals surface area contributed by atoms with E-state index < -0.39 is 0 Å². The Balaban J connectivity index is 1.34. The van der Waals surface area contributed by atoms with Crippen molar-refractivity contribution in [1.29, 1.82) is 0 Å². The number of aromatic nitrogens is 1. The quantitative estimate of drug-likeness (QED) is 0.558. The Labute approximate surface area is 199 Å². The fourth-order valence-electron chi connectivity index (χ4n) is 7.00. The Hall–Kier alpha value is -2.64. The van der Waals surface area contributed by atoms with E-state index in [1.54, 1.807) is 11.8 Å². The van der Waals surface area contributed by atoms with E-state index in [4.69, 9.17) is 0 Å². The van der Waals surface area contributed by atoms with Gasteiger partial charge in [0, 0.05) is 16.0 Å². The van der Waals surface area contributed by atoms with Crippen molar-refractivity contribution in [1.82, 2.24) is 4.98 Å². The van der Waals surface area contributed by atoms with E-state index in [9.17, 15) is 14.4 Å². The van der Waals surface area contributed by atoms with E-state index >= 15 is 0 Å². The zero-order chi connectivity index (χ0) is 22.4. The summed E-state index contributed by atoms with van der Waals surface area (Å²) in [6.45, 7) is 2.08. The molecule has 7 atom stereocenters. The van der Waals surface area contributed by atoms with Gasteiger partial charge in [-0.15, -0.1) is 11.8 Å². The molecule has 166 valence electrons. The smallest absolute Gasteiger partial charge is 0.305 e. The number of benzene rings is 2. The van der Waals surface area contributed by atoms with Crippen molar-refractivity contribution in [2.24, 2.45) is 29.6 Å². The van der Waals surface area contributed by atoms with Gasteiger partial charge in [0.2, 0.25) is 11.8 Å². The van der Waals surface area contributed by atoms with Crippen molar-refractivity contribution in [3.8, 4) is 0 Å². The number of hydrogen-bond donors (Lipinski definition) is 1. The molecule has 2 aliphatic heterocycles. The summed E-state index contributed by atoms with van der Waals surface area (Å²) in [6.07, 6.45) is 0.916. The number of nitrogens with one attached hydrogen (secondary N) is 1. The number of rotatable bonds is 2. The minimum absolute atomic E-state index is 0.0282. The Kier molecular flexibility index (Phi) is 4.16. The number of thioether (sulfide) groups is 1. The highest BCUT2D eigenvalue weighted by atomic mass is 32.2. The molecule has 4 aliphatic rings. The third-order valence-electron chi connectivity index (χ3n) is 8.17. The molecule has 7 heteroatoms. The van der Waals surface area contributed by atoms with Gasteiger partial charge in [-0.05, 0) is 48.8 Å². The van der Waals surface area contributed by atoms with Crippen molar-refractivity contribution >= 4 is 40.6 Å². The highest BCUT2D eigenvalue weighted by molar-refractivity contribution is 8.00. The zero-order valence-corrected chi connectivity index (χ0v) is 19.6. The molecule has 33 heavy (non-hydrogen) atoms. The molecule has 3 heterocycles. The molecule has 0 radical (unpaired) electrons. The summed E-state index contributed by atoms with van der Waals surface area (Å²) in [4.78, 5) is 45.1. The van der Waals surface area contributed by atoms with Gasteiger partial charge < -0.3 is 4.98 Å². The van der Waals surface area contributed by atoms with Gasteiger partial charge in [0.1, 0.15) is 0 Å². The van der Waals surface area contributed by atoms with Crippen LogP contribution in [0.3, 0.4) is 0 Å². The monoisotopic (exact) mass is 474 g/mol. The molecule has 7 rings (SSSR count). The first-order valence-corrected chi connectivity index (χ1v) is 13.1. The lowest BCUT2D eigenvalue weighted by atomic mass is 9.68. The van der Waals surface area contributed by atoms with Gasteiger partial charge >= 0.3 is 4.87 Å². The lowest BCUT2D eigenvalue weighted by molar-refractivity contribution is -0.123. The normalized spacial score (nSPS) is 33.8. The van der Waals surface area contributed by atoms with Crippen LogP contribution in [0.25, 0.3) is 0 Å². The summed E-state index contributed by atoms with van der Waals surface area (Å²) in [6, 6.07) is 17.9. The van der Waals surface area contributed by atoms with Gasteiger partial charge in [-0.2, -0.15) is 0 Å². The van der Waals surface area contributed by atoms with Crippen molar-refractivity contribution in [2.75, 3.05) is 4.90 Å². The first-order chi connectivity index (χ1) is 16.0. The maximum atomic E-state index is 13.6. The van der Waals surface area contributed by atoms with Crippen molar-refractivity contribution in [3.63, 3.8) is 0 Å². The number of amides is 2. The van der Waals surface area contributed by atoms with Gasteiger partial charge in [0.25, 0.3) is 0 Å². The number of fused-ring (bicyclic) bond motifs is 9. The van der Waals surface area contributed by atoms with E-state index in [-0.39, 0.29) is 57.4 Å². The van der Waals surface area contributed by atoms with E-state index in [0.29, 0.717) is 5.69 Å². The van der Waals surface area contributed by atoms with Crippen LogP contribution in [0.4, 0.5) is 5.69 Å². The Morgan fingerprint density at radius 3 is 2.33 bits per heavy atom. The largest absolute Gasteiger partial charge is 0.307 e. The number of nitrogens with zero attached hydrogens (tertiary/aromatic N) is 1. The first kappa shape index (κ1) is 19.8. The SMILES string of the molecule is Cc1ccc([C@H]2c3sc(=O)[nH]c3S[C@@H]3[C@@H]4C[C@H]([C@H]5C(=O)N(c6ccccc6)C(=O)[C@H]45)[C@@H]23)cc1. The van der Waals surface area contributed by atoms with Crippen LogP contribution < -0.4 is 9.77 Å². The summed E-state index contributed by atoms with van der Waals surface area (Å²) >= 11 is 3.04. The highest BCUT2D eigenvalue weighted by Gasteiger charge is 2.69. The van der Waals surface area contributed by atoms with Crippen LogP contribution in [0.5, 0.6) is 0 Å². The maximum Gasteiger partial charge on any atom is 0.305 e. The van der Waals surface area contributed by atoms with Gasteiger partial charge in [-0.25, -0.2) is 0 Å². The van der Waals surface area contributed by atoms with Gasteiger partial charge in [0.05, 0.1) is 22.5 Å². The number of aromatic amines is 1. The molecular formula is C26H22N2O3S2. The molecule has 0 unspecified atom stereocenters. The van der Waals surface area contributed by atoms with E-state index in [1.165, 1.54) is 27.4 Å². The van der Waals surface area contributed by atoms with Crippen LogP contribution >= 0.6 is 23.1 Å². The minimum Gasteiger partial charge on any atom is -0.307 e. The van der Waals surface area contributed by atoms with Crippen LogP contribution in [-0.2, 0) is 9.59 Å². The average molecular weight is 475 g/mol. The summed E-state index contributed by atoms with van der Waals surface area (Å²) in [5, 5.41) is 1.19. The van der Waals surface area contributed by atoms with E-state index in [0.717, 1.165) is 16.3 Å². The lowest BCUT2D eigenvalue weighted by Gasteiger charge is -2.43. The predicted octanol–water partition coefficient (Wildman–Crippen LogP) is 4.42. The number of anilines is 1. The molecule has 2 aliphatic carbocycles. The molecule has 2 saturated carbocycles. The summed E-state index contributed by atoms with van der Waals surface area (Å²) < 4.78 is 0. The molecule has 3 fully saturated rings. The third-order valence-corrected chi connectivity index (χ3v) is 10.8. The topological polar surface area (TPSA) is 70.2 Å². The number of hydrogen-bond acceptors (Lipinski definition) is 5. The van der Waals surface area contributed by atoms with Crippen LogP contribution in [-0.4, -0.2) is 22.0 Å². The third kappa shape index (κ3) is 2.63. The lowest BCUT2D eigenvalue weighted by Crippen LogP contribution is -2.42. The van der Waals surface area contributed by atoms with Crippen LogP contribution in [0.15, 0.2) is 64.4 Å². The van der Waals surface area contributed by atoms with Gasteiger partial charge in [-0.1, -0.05) is 59.4 Å². The fraction of sp³-hybridized carbons (Fsp3) is 0.346. The molecule has 2 bridgehead atoms. The second-order valence-electron chi connectivity index (χ2n) is 9.72. The molecule has 1 saturated heterocycles.